The van der Waals surface area contributed by atoms with Crippen molar-refractivity contribution in [1.29, 1.82) is 0 Å². The molecule has 1 aromatic carbocycles. The summed E-state index contributed by atoms with van der Waals surface area (Å²) in [4.78, 5) is 40.3. The van der Waals surface area contributed by atoms with E-state index in [0.29, 0.717) is 19.9 Å². The summed E-state index contributed by atoms with van der Waals surface area (Å²) in [7, 11) is 1.55. The summed E-state index contributed by atoms with van der Waals surface area (Å²) in [6.07, 6.45) is 3.02. The molecule has 0 spiro atoms. The zero-order chi connectivity index (χ0) is 20.3. The molecule has 0 atom stereocenters. The number of carbonyl (C=O) groups is 2. The summed E-state index contributed by atoms with van der Waals surface area (Å²) in [5.41, 5.74) is 0.128. The Morgan fingerprint density at radius 2 is 2.29 bits per heavy atom. The minimum atomic E-state index is -0.554. The van der Waals surface area contributed by atoms with Crippen molar-refractivity contribution in [3.8, 4) is 5.75 Å². The standard InChI is InChI=1S/C16H12N4O5S3/c1-19-14(22)12(28-16(19)26)7-9-6-10(20(23)24)2-3-11(9)25-8-13(21)18-15-17-4-5-27-15/h2-7H,8H2,1H3,(H,17,18,21)/b12-7-. The summed E-state index contributed by atoms with van der Waals surface area (Å²) < 4.78 is 5.89. The Morgan fingerprint density at radius 3 is 2.89 bits per heavy atom. The number of nitro benzene ring substituents is 1. The van der Waals surface area contributed by atoms with Crippen molar-refractivity contribution in [2.24, 2.45) is 0 Å². The van der Waals surface area contributed by atoms with Gasteiger partial charge < -0.3 is 4.74 Å². The van der Waals surface area contributed by atoms with E-state index in [0.717, 1.165) is 11.8 Å². The minimum absolute atomic E-state index is 0.169. The molecule has 1 aliphatic heterocycles. The number of nitrogens with zero attached hydrogens (tertiary/aromatic N) is 3. The van der Waals surface area contributed by atoms with Gasteiger partial charge in [0.05, 0.1) is 9.83 Å². The van der Waals surface area contributed by atoms with Crippen molar-refractivity contribution in [2.75, 3.05) is 19.0 Å². The molecule has 1 aliphatic rings. The maximum atomic E-state index is 12.2. The summed E-state index contributed by atoms with van der Waals surface area (Å²) >= 11 is 7.43. The van der Waals surface area contributed by atoms with Gasteiger partial charge in [-0.2, -0.15) is 0 Å². The summed E-state index contributed by atoms with van der Waals surface area (Å²) in [6, 6.07) is 3.92. The Balaban J connectivity index is 1.82. The van der Waals surface area contributed by atoms with E-state index in [1.54, 1.807) is 18.6 Å². The number of hydrogen-bond donors (Lipinski definition) is 1. The summed E-state index contributed by atoms with van der Waals surface area (Å²) in [6.45, 7) is -0.326. The van der Waals surface area contributed by atoms with Crippen LogP contribution >= 0.6 is 35.3 Å². The third kappa shape index (κ3) is 4.52. The second-order valence-corrected chi connectivity index (χ2v) is 7.96. The SMILES string of the molecule is CN1C(=O)/C(=C/c2cc([N+](=O)[O-])ccc2OCC(=O)Nc2nccs2)SC1=S. The highest BCUT2D eigenvalue weighted by Crippen LogP contribution is 2.34. The van der Waals surface area contributed by atoms with Crippen molar-refractivity contribution in [3.05, 3.63) is 50.4 Å². The van der Waals surface area contributed by atoms with E-state index < -0.39 is 10.8 Å². The molecule has 0 saturated carbocycles. The average Bonchev–Trinajstić information content (AvgIpc) is 3.25. The highest BCUT2D eigenvalue weighted by molar-refractivity contribution is 8.26. The van der Waals surface area contributed by atoms with Crippen molar-refractivity contribution >= 4 is 68.3 Å². The number of aromatic nitrogens is 1. The van der Waals surface area contributed by atoms with Gasteiger partial charge in [0, 0.05) is 36.3 Å². The van der Waals surface area contributed by atoms with E-state index in [1.165, 1.54) is 40.5 Å². The molecule has 144 valence electrons. The number of hydrogen-bond acceptors (Lipinski definition) is 9. The Morgan fingerprint density at radius 1 is 1.50 bits per heavy atom. The molecule has 2 amide bonds. The van der Waals surface area contributed by atoms with Gasteiger partial charge in [-0.3, -0.25) is 29.9 Å². The largest absolute Gasteiger partial charge is 0.483 e. The quantitative estimate of drug-likeness (QED) is 0.318. The average molecular weight is 436 g/mol. The van der Waals surface area contributed by atoms with Gasteiger partial charge in [-0.1, -0.05) is 24.0 Å². The number of thiazole rings is 1. The maximum Gasteiger partial charge on any atom is 0.270 e. The fourth-order valence-corrected chi connectivity index (χ4v) is 3.88. The first kappa shape index (κ1) is 19.9. The lowest BCUT2D eigenvalue weighted by molar-refractivity contribution is -0.384. The van der Waals surface area contributed by atoms with Crippen molar-refractivity contribution in [1.82, 2.24) is 9.88 Å². The number of carbonyl (C=O) groups excluding carboxylic acids is 2. The normalized spacial score (nSPS) is 15.2. The molecule has 0 bridgehead atoms. The number of ether oxygens (including phenoxy) is 1. The second kappa shape index (κ2) is 8.46. The van der Waals surface area contributed by atoms with Gasteiger partial charge in [0.2, 0.25) is 0 Å². The summed E-state index contributed by atoms with van der Waals surface area (Å²) in [5.74, 6) is -0.519. The van der Waals surface area contributed by atoms with Gasteiger partial charge in [0.15, 0.2) is 11.7 Å². The van der Waals surface area contributed by atoms with E-state index >= 15 is 0 Å². The molecule has 0 radical (unpaired) electrons. The molecule has 9 nitrogen and oxygen atoms in total. The second-order valence-electron chi connectivity index (χ2n) is 5.39. The van der Waals surface area contributed by atoms with Crippen LogP contribution in [-0.2, 0) is 9.59 Å². The van der Waals surface area contributed by atoms with E-state index in [1.807, 2.05) is 0 Å². The zero-order valence-corrected chi connectivity index (χ0v) is 16.7. The van der Waals surface area contributed by atoms with E-state index in [2.05, 4.69) is 10.3 Å². The van der Waals surface area contributed by atoms with Crippen LogP contribution in [0.25, 0.3) is 6.08 Å². The minimum Gasteiger partial charge on any atom is -0.483 e. The molecule has 28 heavy (non-hydrogen) atoms. The van der Waals surface area contributed by atoms with E-state index in [4.69, 9.17) is 17.0 Å². The third-order valence-corrected chi connectivity index (χ3v) is 5.69. The number of amides is 2. The molecule has 2 heterocycles. The fourth-order valence-electron chi connectivity index (χ4n) is 2.16. The van der Waals surface area contributed by atoms with Gasteiger partial charge in [0.1, 0.15) is 10.1 Å². The van der Waals surface area contributed by atoms with Gasteiger partial charge in [-0.15, -0.1) is 11.3 Å². The molecule has 1 saturated heterocycles. The van der Waals surface area contributed by atoms with Crippen molar-refractivity contribution in [2.45, 2.75) is 0 Å². The predicted molar refractivity (Wildman–Crippen MR) is 110 cm³/mol. The highest BCUT2D eigenvalue weighted by Gasteiger charge is 2.29. The number of nitrogens with one attached hydrogen (secondary N) is 1. The third-order valence-electron chi connectivity index (χ3n) is 3.51. The number of thiocarbonyl (C=S) groups is 1. The van der Waals surface area contributed by atoms with Gasteiger partial charge >= 0.3 is 0 Å². The molecular formula is C16H12N4O5S3. The van der Waals surface area contributed by atoms with Crippen LogP contribution in [0.2, 0.25) is 0 Å². The lowest BCUT2D eigenvalue weighted by atomic mass is 10.1. The van der Waals surface area contributed by atoms with Crippen LogP contribution in [0.1, 0.15) is 5.56 Å². The molecule has 3 rings (SSSR count). The molecule has 0 unspecified atom stereocenters. The van der Waals surface area contributed by atoms with Crippen LogP contribution in [0, 0.1) is 10.1 Å². The molecule has 1 fully saturated rings. The molecule has 1 aromatic heterocycles. The maximum absolute atomic E-state index is 12.2. The topological polar surface area (TPSA) is 115 Å². The van der Waals surface area contributed by atoms with Gasteiger partial charge in [-0.05, 0) is 12.1 Å². The highest BCUT2D eigenvalue weighted by atomic mass is 32.2. The first-order valence-corrected chi connectivity index (χ1v) is 9.77. The van der Waals surface area contributed by atoms with Crippen molar-refractivity contribution in [3.63, 3.8) is 0 Å². The molecule has 12 heteroatoms. The van der Waals surface area contributed by atoms with Crippen LogP contribution in [0.3, 0.4) is 0 Å². The number of rotatable bonds is 6. The van der Waals surface area contributed by atoms with Crippen LogP contribution in [0.5, 0.6) is 5.75 Å². The Labute approximate surface area is 172 Å². The monoisotopic (exact) mass is 436 g/mol. The first-order chi connectivity index (χ1) is 13.3. The fraction of sp³-hybridized carbons (Fsp3) is 0.125. The lowest BCUT2D eigenvalue weighted by Gasteiger charge is -2.09. The van der Waals surface area contributed by atoms with Crippen LogP contribution in [-0.4, -0.2) is 44.6 Å². The van der Waals surface area contributed by atoms with Crippen LogP contribution < -0.4 is 10.1 Å². The number of nitro groups is 1. The van der Waals surface area contributed by atoms with Crippen molar-refractivity contribution < 1.29 is 19.2 Å². The lowest BCUT2D eigenvalue weighted by Crippen LogP contribution is -2.22. The predicted octanol–water partition coefficient (Wildman–Crippen LogP) is 2.90. The Kier molecular flexibility index (Phi) is 6.02. The Bertz CT molecular complexity index is 990. The number of anilines is 1. The summed E-state index contributed by atoms with van der Waals surface area (Å²) in [5, 5.41) is 15.8. The molecule has 1 N–H and O–H groups in total. The number of benzene rings is 1. The molecule has 0 aliphatic carbocycles. The number of likely N-dealkylation sites (N-methyl/N-ethyl adjacent to an activating group) is 1. The Hall–Kier alpha value is -2.83. The van der Waals surface area contributed by atoms with Crippen LogP contribution in [0.4, 0.5) is 10.8 Å². The zero-order valence-electron chi connectivity index (χ0n) is 14.3. The van der Waals surface area contributed by atoms with Gasteiger partial charge in [-0.25, -0.2) is 4.98 Å². The molecular weight excluding hydrogens is 424 g/mol. The van der Waals surface area contributed by atoms with E-state index in [-0.39, 0.29) is 24.0 Å². The number of thioether (sulfide) groups is 1. The number of non-ortho nitro benzene ring substituents is 1. The molecule has 2 aromatic rings. The van der Waals surface area contributed by atoms with E-state index in [9.17, 15) is 19.7 Å². The smallest absolute Gasteiger partial charge is 0.270 e. The van der Waals surface area contributed by atoms with Gasteiger partial charge in [0.25, 0.3) is 17.5 Å². The first-order valence-electron chi connectivity index (χ1n) is 7.67. The van der Waals surface area contributed by atoms with Crippen LogP contribution in [0.15, 0.2) is 34.7 Å².